The normalized spacial score (nSPS) is 19.6. The highest BCUT2D eigenvalue weighted by molar-refractivity contribution is 5.89. The van der Waals surface area contributed by atoms with Crippen LogP contribution in [0.25, 0.3) is 0 Å². The van der Waals surface area contributed by atoms with Crippen LogP contribution >= 0.6 is 0 Å². The van der Waals surface area contributed by atoms with E-state index in [9.17, 15) is 9.59 Å². The fraction of sp³-hybridized carbons (Fsp3) is 0.462. The molecule has 2 amide bonds. The van der Waals surface area contributed by atoms with Crippen LogP contribution in [-0.2, 0) is 16.0 Å². The minimum Gasteiger partial charge on any atom is -0.353 e. The van der Waals surface area contributed by atoms with Crippen molar-refractivity contribution >= 4 is 11.8 Å². The Bertz CT molecular complexity index is 473. The van der Waals surface area contributed by atoms with E-state index >= 15 is 0 Å². The Labute approximate surface area is 106 Å². The monoisotopic (exact) mass is 247 g/mol. The molecule has 1 N–H and O–H groups in total. The molecule has 5 nitrogen and oxygen atoms in total. The maximum Gasteiger partial charge on any atom is 0.242 e. The van der Waals surface area contributed by atoms with Crippen molar-refractivity contribution < 1.29 is 9.59 Å². The van der Waals surface area contributed by atoms with Gasteiger partial charge in [0.15, 0.2) is 0 Å². The van der Waals surface area contributed by atoms with Gasteiger partial charge in [0.25, 0.3) is 0 Å². The van der Waals surface area contributed by atoms with Gasteiger partial charge in [-0.15, -0.1) is 0 Å². The number of aryl methyl sites for hydroxylation is 1. The minimum absolute atomic E-state index is 0.0425. The third kappa shape index (κ3) is 2.50. The van der Waals surface area contributed by atoms with Crippen LogP contribution in [0.2, 0.25) is 0 Å². The number of hydrogen-bond acceptors (Lipinski definition) is 3. The van der Waals surface area contributed by atoms with E-state index in [-0.39, 0.29) is 18.2 Å². The molecule has 0 radical (unpaired) electrons. The average Bonchev–Trinajstić information content (AvgIpc) is 2.35. The Balaban J connectivity index is 2.08. The first kappa shape index (κ1) is 12.5. The number of nitrogens with zero attached hydrogens (tertiary/aromatic N) is 2. The lowest BCUT2D eigenvalue weighted by Crippen LogP contribution is -2.56. The van der Waals surface area contributed by atoms with Crippen LogP contribution in [0.1, 0.15) is 18.2 Å². The summed E-state index contributed by atoms with van der Waals surface area (Å²) in [4.78, 5) is 29.5. The molecular formula is C13H17N3O2. The summed E-state index contributed by atoms with van der Waals surface area (Å²) in [5, 5.41) is 2.74. The van der Waals surface area contributed by atoms with E-state index in [1.807, 2.05) is 19.1 Å². The van der Waals surface area contributed by atoms with Gasteiger partial charge in [-0.05, 0) is 25.5 Å². The molecule has 1 aliphatic heterocycles. The SMILES string of the molecule is Cc1cccnc1CC(=O)N1CCNC(=O)C1C. The molecule has 1 atom stereocenters. The number of hydrogen-bond donors (Lipinski definition) is 1. The highest BCUT2D eigenvalue weighted by atomic mass is 16.2. The van der Waals surface area contributed by atoms with Crippen molar-refractivity contribution in [3.05, 3.63) is 29.6 Å². The maximum absolute atomic E-state index is 12.2. The summed E-state index contributed by atoms with van der Waals surface area (Å²) in [6.07, 6.45) is 1.94. The van der Waals surface area contributed by atoms with E-state index in [0.717, 1.165) is 11.3 Å². The Morgan fingerprint density at radius 2 is 2.39 bits per heavy atom. The van der Waals surface area contributed by atoms with Gasteiger partial charge in [0.05, 0.1) is 12.1 Å². The van der Waals surface area contributed by atoms with Crippen molar-refractivity contribution in [2.75, 3.05) is 13.1 Å². The Morgan fingerprint density at radius 3 is 3.11 bits per heavy atom. The molecule has 0 saturated carbocycles. The molecule has 96 valence electrons. The molecule has 2 rings (SSSR count). The average molecular weight is 247 g/mol. The highest BCUT2D eigenvalue weighted by Crippen LogP contribution is 2.10. The van der Waals surface area contributed by atoms with E-state index in [1.165, 1.54) is 0 Å². The predicted octanol–water partition coefficient (Wildman–Crippen LogP) is 0.279. The van der Waals surface area contributed by atoms with Gasteiger partial charge < -0.3 is 10.2 Å². The van der Waals surface area contributed by atoms with Gasteiger partial charge in [-0.25, -0.2) is 0 Å². The van der Waals surface area contributed by atoms with Crippen molar-refractivity contribution in [1.29, 1.82) is 0 Å². The maximum atomic E-state index is 12.2. The first-order valence-corrected chi connectivity index (χ1v) is 6.07. The number of carbonyl (C=O) groups is 2. The van der Waals surface area contributed by atoms with Crippen molar-refractivity contribution in [2.24, 2.45) is 0 Å². The lowest BCUT2D eigenvalue weighted by molar-refractivity contribution is -0.142. The lowest BCUT2D eigenvalue weighted by Gasteiger charge is -2.32. The van der Waals surface area contributed by atoms with Gasteiger partial charge in [-0.3, -0.25) is 14.6 Å². The molecule has 1 aromatic heterocycles. The number of aromatic nitrogens is 1. The number of pyridine rings is 1. The first-order chi connectivity index (χ1) is 8.59. The molecule has 18 heavy (non-hydrogen) atoms. The van der Waals surface area contributed by atoms with E-state index in [1.54, 1.807) is 18.0 Å². The van der Waals surface area contributed by atoms with Crippen LogP contribution in [-0.4, -0.2) is 40.8 Å². The fourth-order valence-corrected chi connectivity index (χ4v) is 2.07. The molecule has 5 heteroatoms. The van der Waals surface area contributed by atoms with Gasteiger partial charge >= 0.3 is 0 Å². The molecule has 1 saturated heterocycles. The molecule has 1 fully saturated rings. The van der Waals surface area contributed by atoms with E-state index in [0.29, 0.717) is 13.1 Å². The van der Waals surface area contributed by atoms with Crippen molar-refractivity contribution in [3.63, 3.8) is 0 Å². The van der Waals surface area contributed by atoms with Crippen LogP contribution in [0.15, 0.2) is 18.3 Å². The van der Waals surface area contributed by atoms with Gasteiger partial charge in [0.2, 0.25) is 11.8 Å². The molecule has 0 spiro atoms. The van der Waals surface area contributed by atoms with Gasteiger partial charge in [-0.2, -0.15) is 0 Å². The van der Waals surface area contributed by atoms with E-state index in [4.69, 9.17) is 0 Å². The summed E-state index contributed by atoms with van der Waals surface area (Å²) >= 11 is 0. The van der Waals surface area contributed by atoms with Crippen LogP contribution in [0, 0.1) is 6.92 Å². The molecular weight excluding hydrogens is 230 g/mol. The van der Waals surface area contributed by atoms with Crippen molar-refractivity contribution in [2.45, 2.75) is 26.3 Å². The lowest BCUT2D eigenvalue weighted by atomic mass is 10.1. The van der Waals surface area contributed by atoms with Crippen molar-refractivity contribution in [3.8, 4) is 0 Å². The van der Waals surface area contributed by atoms with Gasteiger partial charge in [0, 0.05) is 19.3 Å². The summed E-state index contributed by atoms with van der Waals surface area (Å²) in [5.41, 5.74) is 1.78. The second-order valence-corrected chi connectivity index (χ2v) is 4.50. The highest BCUT2D eigenvalue weighted by Gasteiger charge is 2.29. The van der Waals surface area contributed by atoms with Gasteiger partial charge in [-0.1, -0.05) is 6.07 Å². The zero-order valence-corrected chi connectivity index (χ0v) is 10.6. The topological polar surface area (TPSA) is 62.3 Å². The summed E-state index contributed by atoms with van der Waals surface area (Å²) < 4.78 is 0. The molecule has 1 aliphatic rings. The third-order valence-electron chi connectivity index (χ3n) is 3.26. The van der Waals surface area contributed by atoms with Crippen LogP contribution < -0.4 is 5.32 Å². The Kier molecular flexibility index (Phi) is 3.60. The standard InChI is InChI=1S/C13H17N3O2/c1-9-4-3-5-14-11(9)8-12(17)16-7-6-15-13(18)10(16)2/h3-5,10H,6-8H2,1-2H3,(H,15,18). The predicted molar refractivity (Wildman–Crippen MR) is 66.9 cm³/mol. The molecule has 1 unspecified atom stereocenters. The van der Waals surface area contributed by atoms with E-state index < -0.39 is 6.04 Å². The summed E-state index contributed by atoms with van der Waals surface area (Å²) in [5.74, 6) is -0.133. The summed E-state index contributed by atoms with van der Waals surface area (Å²) in [6.45, 7) is 4.77. The summed E-state index contributed by atoms with van der Waals surface area (Å²) in [6, 6.07) is 3.39. The summed E-state index contributed by atoms with van der Waals surface area (Å²) in [7, 11) is 0. The Morgan fingerprint density at radius 1 is 1.61 bits per heavy atom. The zero-order valence-electron chi connectivity index (χ0n) is 10.6. The number of piperazine rings is 1. The van der Waals surface area contributed by atoms with Gasteiger partial charge in [0.1, 0.15) is 6.04 Å². The van der Waals surface area contributed by atoms with Crippen molar-refractivity contribution in [1.82, 2.24) is 15.2 Å². The minimum atomic E-state index is -0.393. The number of carbonyl (C=O) groups excluding carboxylic acids is 2. The molecule has 0 bridgehead atoms. The number of nitrogens with one attached hydrogen (secondary N) is 1. The number of amides is 2. The molecule has 0 aliphatic carbocycles. The molecule has 0 aromatic carbocycles. The third-order valence-corrected chi connectivity index (χ3v) is 3.26. The zero-order chi connectivity index (χ0) is 13.1. The van der Waals surface area contributed by atoms with Crippen LogP contribution in [0.4, 0.5) is 0 Å². The quantitative estimate of drug-likeness (QED) is 0.816. The second-order valence-electron chi connectivity index (χ2n) is 4.50. The molecule has 1 aromatic rings. The smallest absolute Gasteiger partial charge is 0.242 e. The van der Waals surface area contributed by atoms with Crippen LogP contribution in [0.5, 0.6) is 0 Å². The molecule has 2 heterocycles. The second kappa shape index (κ2) is 5.16. The first-order valence-electron chi connectivity index (χ1n) is 6.07. The van der Waals surface area contributed by atoms with Crippen LogP contribution in [0.3, 0.4) is 0 Å². The van der Waals surface area contributed by atoms with E-state index in [2.05, 4.69) is 10.3 Å². The largest absolute Gasteiger partial charge is 0.353 e. The fourth-order valence-electron chi connectivity index (χ4n) is 2.07. The Hall–Kier alpha value is -1.91. The number of rotatable bonds is 2.